The molecule has 21 heavy (non-hydrogen) atoms. The Hall–Kier alpha value is -2.02. The summed E-state index contributed by atoms with van der Waals surface area (Å²) in [6, 6.07) is 3.46. The zero-order valence-corrected chi connectivity index (χ0v) is 12.3. The maximum Gasteiger partial charge on any atom is 0.272 e. The predicted octanol–water partition coefficient (Wildman–Crippen LogP) is 3.39. The van der Waals surface area contributed by atoms with Gasteiger partial charge in [-0.15, -0.1) is 21.8 Å². The lowest BCUT2D eigenvalue weighted by Gasteiger charge is -2.12. The fraction of sp³-hybridized carbons (Fsp3) is 0.385. The second-order valence-corrected chi connectivity index (χ2v) is 5.27. The van der Waals surface area contributed by atoms with E-state index < -0.39 is 10.7 Å². The number of benzene rings is 1. The van der Waals surface area contributed by atoms with Crippen molar-refractivity contribution < 1.29 is 9.31 Å². The van der Waals surface area contributed by atoms with Crippen LogP contribution in [-0.4, -0.2) is 19.7 Å². The molecule has 0 atom stereocenters. The molecule has 0 aliphatic rings. The number of nitrogens with zero attached hydrogens (tertiary/aromatic N) is 4. The van der Waals surface area contributed by atoms with Gasteiger partial charge in [0.1, 0.15) is 11.6 Å². The zero-order chi connectivity index (χ0) is 15.6. The van der Waals surface area contributed by atoms with Crippen LogP contribution < -0.4 is 0 Å². The second-order valence-electron chi connectivity index (χ2n) is 5.00. The highest BCUT2D eigenvalue weighted by molar-refractivity contribution is 6.16. The van der Waals surface area contributed by atoms with Gasteiger partial charge in [0.15, 0.2) is 5.82 Å². The number of nitro benzene ring substituents is 1. The van der Waals surface area contributed by atoms with Gasteiger partial charge in [-0.2, -0.15) is 0 Å². The van der Waals surface area contributed by atoms with Crippen LogP contribution in [0.5, 0.6) is 0 Å². The van der Waals surface area contributed by atoms with Crippen LogP contribution in [-0.2, 0) is 12.4 Å². The standard InChI is InChI=1S/C13H14ClFN4O2/c1-8(2)7-18-12(6-14)16-17-13(18)10-4-3-9(19(20)21)5-11(10)15/h3-5,8H,6-7H2,1-2H3. The van der Waals surface area contributed by atoms with Gasteiger partial charge in [-0.3, -0.25) is 10.1 Å². The lowest BCUT2D eigenvalue weighted by molar-refractivity contribution is -0.385. The number of non-ortho nitro benzene ring substituents is 1. The summed E-state index contributed by atoms with van der Waals surface area (Å²) in [6.45, 7) is 4.60. The minimum atomic E-state index is -0.706. The lowest BCUT2D eigenvalue weighted by atomic mass is 10.1. The third-order valence-electron chi connectivity index (χ3n) is 2.90. The van der Waals surface area contributed by atoms with Crippen molar-refractivity contribution >= 4 is 17.3 Å². The molecular weight excluding hydrogens is 299 g/mol. The SMILES string of the molecule is CC(C)Cn1c(CCl)nnc1-c1ccc([N+](=O)[O-])cc1F. The molecule has 0 spiro atoms. The van der Waals surface area contributed by atoms with Crippen LogP contribution >= 0.6 is 11.6 Å². The Morgan fingerprint density at radius 1 is 1.43 bits per heavy atom. The fourth-order valence-corrected chi connectivity index (χ4v) is 2.19. The Balaban J connectivity index is 2.51. The number of alkyl halides is 1. The Labute approximate surface area is 125 Å². The van der Waals surface area contributed by atoms with E-state index in [9.17, 15) is 14.5 Å². The summed E-state index contributed by atoms with van der Waals surface area (Å²) in [5.41, 5.74) is -0.131. The van der Waals surface area contributed by atoms with Crippen molar-refractivity contribution in [3.63, 3.8) is 0 Å². The lowest BCUT2D eigenvalue weighted by Crippen LogP contribution is -2.10. The molecule has 0 bridgehead atoms. The minimum absolute atomic E-state index is 0.161. The van der Waals surface area contributed by atoms with Crippen molar-refractivity contribution in [3.05, 3.63) is 40.0 Å². The van der Waals surface area contributed by atoms with Gasteiger partial charge in [-0.1, -0.05) is 13.8 Å². The maximum absolute atomic E-state index is 14.1. The van der Waals surface area contributed by atoms with E-state index in [1.54, 1.807) is 4.57 Å². The fourth-order valence-electron chi connectivity index (χ4n) is 1.99. The molecular formula is C13H14ClFN4O2. The van der Waals surface area contributed by atoms with Gasteiger partial charge < -0.3 is 4.57 Å². The Kier molecular flexibility index (Phi) is 4.52. The van der Waals surface area contributed by atoms with E-state index in [2.05, 4.69) is 10.2 Å². The van der Waals surface area contributed by atoms with Crippen molar-refractivity contribution in [2.75, 3.05) is 0 Å². The van der Waals surface area contributed by atoms with Gasteiger partial charge in [-0.05, 0) is 12.0 Å². The molecule has 0 aliphatic heterocycles. The number of halogens is 2. The summed E-state index contributed by atoms with van der Waals surface area (Å²) < 4.78 is 15.8. The maximum atomic E-state index is 14.1. The summed E-state index contributed by atoms with van der Waals surface area (Å²) in [6.07, 6.45) is 0. The summed E-state index contributed by atoms with van der Waals surface area (Å²) in [5, 5.41) is 18.6. The first-order chi connectivity index (χ1) is 9.93. The van der Waals surface area contributed by atoms with E-state index in [4.69, 9.17) is 11.6 Å². The highest BCUT2D eigenvalue weighted by Gasteiger charge is 2.19. The van der Waals surface area contributed by atoms with Gasteiger partial charge in [0, 0.05) is 12.6 Å². The van der Waals surface area contributed by atoms with E-state index in [1.807, 2.05) is 13.8 Å². The number of hydrogen-bond acceptors (Lipinski definition) is 4. The van der Waals surface area contributed by atoms with E-state index in [-0.39, 0.29) is 17.1 Å². The molecule has 1 aromatic carbocycles. The predicted molar refractivity (Wildman–Crippen MR) is 76.5 cm³/mol. The Morgan fingerprint density at radius 2 is 2.14 bits per heavy atom. The first-order valence-electron chi connectivity index (χ1n) is 6.36. The molecule has 0 saturated carbocycles. The Morgan fingerprint density at radius 3 is 2.67 bits per heavy atom. The molecule has 0 unspecified atom stereocenters. The second kappa shape index (κ2) is 6.17. The highest BCUT2D eigenvalue weighted by atomic mass is 35.5. The molecule has 1 heterocycles. The van der Waals surface area contributed by atoms with Gasteiger partial charge >= 0.3 is 0 Å². The van der Waals surface area contributed by atoms with E-state index in [1.165, 1.54) is 12.1 Å². The van der Waals surface area contributed by atoms with Crippen LogP contribution in [0.4, 0.5) is 10.1 Å². The average molecular weight is 313 g/mol. The van der Waals surface area contributed by atoms with E-state index in [0.717, 1.165) is 6.07 Å². The molecule has 0 radical (unpaired) electrons. The van der Waals surface area contributed by atoms with Crippen LogP contribution in [0.1, 0.15) is 19.7 Å². The normalized spacial score (nSPS) is 11.1. The minimum Gasteiger partial charge on any atom is -0.310 e. The molecule has 1 aromatic heterocycles. The molecule has 6 nitrogen and oxygen atoms in total. The van der Waals surface area contributed by atoms with Crippen LogP contribution in [0.2, 0.25) is 0 Å². The number of aromatic nitrogens is 3. The van der Waals surface area contributed by atoms with Crippen molar-refractivity contribution in [2.24, 2.45) is 5.92 Å². The summed E-state index contributed by atoms with van der Waals surface area (Å²) in [4.78, 5) is 10.0. The summed E-state index contributed by atoms with van der Waals surface area (Å²) >= 11 is 5.82. The molecule has 0 N–H and O–H groups in total. The van der Waals surface area contributed by atoms with Gasteiger partial charge in [-0.25, -0.2) is 4.39 Å². The number of nitro groups is 1. The first kappa shape index (κ1) is 15.4. The van der Waals surface area contributed by atoms with Crippen LogP contribution in [0.3, 0.4) is 0 Å². The molecule has 2 rings (SSSR count). The molecule has 0 amide bonds. The third kappa shape index (κ3) is 3.18. The summed E-state index contributed by atoms with van der Waals surface area (Å²) in [5.74, 6) is 0.615. The zero-order valence-electron chi connectivity index (χ0n) is 11.6. The van der Waals surface area contributed by atoms with Crippen LogP contribution in [0.15, 0.2) is 18.2 Å². The molecule has 0 aliphatic carbocycles. The van der Waals surface area contributed by atoms with Crippen molar-refractivity contribution in [3.8, 4) is 11.4 Å². The number of rotatable bonds is 5. The Bertz CT molecular complexity index is 672. The number of hydrogen-bond donors (Lipinski definition) is 0. The third-order valence-corrected chi connectivity index (χ3v) is 3.14. The smallest absolute Gasteiger partial charge is 0.272 e. The topological polar surface area (TPSA) is 73.8 Å². The van der Waals surface area contributed by atoms with Gasteiger partial charge in [0.25, 0.3) is 5.69 Å². The molecule has 112 valence electrons. The van der Waals surface area contributed by atoms with Crippen LogP contribution in [0, 0.1) is 21.8 Å². The molecule has 0 saturated heterocycles. The van der Waals surface area contributed by atoms with E-state index >= 15 is 0 Å². The summed E-state index contributed by atoms with van der Waals surface area (Å²) in [7, 11) is 0. The van der Waals surface area contributed by atoms with Crippen molar-refractivity contribution in [2.45, 2.75) is 26.3 Å². The van der Waals surface area contributed by atoms with Gasteiger partial charge in [0.05, 0.1) is 22.4 Å². The first-order valence-corrected chi connectivity index (χ1v) is 6.89. The quantitative estimate of drug-likeness (QED) is 0.482. The van der Waals surface area contributed by atoms with E-state index in [0.29, 0.717) is 24.1 Å². The highest BCUT2D eigenvalue weighted by Crippen LogP contribution is 2.26. The molecule has 0 fully saturated rings. The average Bonchev–Trinajstić information content (AvgIpc) is 2.80. The monoisotopic (exact) mass is 312 g/mol. The molecule has 8 heteroatoms. The largest absolute Gasteiger partial charge is 0.310 e. The van der Waals surface area contributed by atoms with Crippen LogP contribution in [0.25, 0.3) is 11.4 Å². The molecule has 2 aromatic rings. The van der Waals surface area contributed by atoms with Gasteiger partial charge in [0.2, 0.25) is 0 Å². The van der Waals surface area contributed by atoms with Crippen molar-refractivity contribution in [1.29, 1.82) is 0 Å². The van der Waals surface area contributed by atoms with Crippen molar-refractivity contribution in [1.82, 2.24) is 14.8 Å².